The molecule has 3 heterocycles. The summed E-state index contributed by atoms with van der Waals surface area (Å²) in [5.41, 5.74) is 7.16. The molecule has 7 nitrogen and oxygen atoms in total. The second kappa shape index (κ2) is 11.8. The number of anilines is 2. The second-order valence-electron chi connectivity index (χ2n) is 10.5. The number of nitrogens with two attached hydrogens (primary N) is 1. The summed E-state index contributed by atoms with van der Waals surface area (Å²) in [7, 11) is 0. The minimum atomic E-state index is -0.196. The van der Waals surface area contributed by atoms with Crippen LogP contribution in [-0.4, -0.2) is 59.2 Å². The predicted molar refractivity (Wildman–Crippen MR) is 139 cm³/mol. The lowest BCUT2D eigenvalue weighted by Gasteiger charge is -2.25. The molecule has 34 heavy (non-hydrogen) atoms. The van der Waals surface area contributed by atoms with Crippen LogP contribution in [0.25, 0.3) is 0 Å². The molecule has 0 saturated carbocycles. The lowest BCUT2D eigenvalue weighted by Crippen LogP contribution is -2.35. The van der Waals surface area contributed by atoms with Crippen molar-refractivity contribution in [1.29, 1.82) is 0 Å². The number of likely N-dealkylation sites (tertiary alicyclic amines) is 1. The van der Waals surface area contributed by atoms with Gasteiger partial charge in [0.2, 0.25) is 5.95 Å². The van der Waals surface area contributed by atoms with Crippen LogP contribution in [0.5, 0.6) is 5.75 Å². The summed E-state index contributed by atoms with van der Waals surface area (Å²) in [5, 5.41) is 3.52. The summed E-state index contributed by atoms with van der Waals surface area (Å²) in [4.78, 5) is 14.3. The van der Waals surface area contributed by atoms with E-state index < -0.39 is 0 Å². The summed E-state index contributed by atoms with van der Waals surface area (Å²) in [6, 6.07) is 11.0. The lowest BCUT2D eigenvalue weighted by molar-refractivity contribution is 0.253. The van der Waals surface area contributed by atoms with E-state index >= 15 is 0 Å². The van der Waals surface area contributed by atoms with Gasteiger partial charge in [0, 0.05) is 44.0 Å². The van der Waals surface area contributed by atoms with Crippen LogP contribution in [0.3, 0.4) is 0 Å². The Morgan fingerprint density at radius 3 is 2.53 bits per heavy atom. The van der Waals surface area contributed by atoms with Crippen molar-refractivity contribution in [3.05, 3.63) is 42.1 Å². The molecule has 4 rings (SSSR count). The second-order valence-corrected chi connectivity index (χ2v) is 10.5. The van der Waals surface area contributed by atoms with Gasteiger partial charge in [-0.25, -0.2) is 4.98 Å². The Bertz CT molecular complexity index is 873. The molecule has 3 N–H and O–H groups in total. The molecule has 2 aliphatic rings. The fourth-order valence-corrected chi connectivity index (χ4v) is 4.81. The van der Waals surface area contributed by atoms with Crippen LogP contribution in [0, 0.1) is 0 Å². The maximum Gasteiger partial charge on any atom is 0.224 e. The van der Waals surface area contributed by atoms with Gasteiger partial charge in [0.05, 0.1) is 6.61 Å². The van der Waals surface area contributed by atoms with Crippen molar-refractivity contribution in [2.45, 2.75) is 76.9 Å². The molecule has 1 atom stereocenters. The van der Waals surface area contributed by atoms with Gasteiger partial charge in [-0.05, 0) is 76.3 Å². The van der Waals surface area contributed by atoms with E-state index in [4.69, 9.17) is 15.5 Å². The highest BCUT2D eigenvalue weighted by molar-refractivity contribution is 5.42. The molecule has 7 heteroatoms. The monoisotopic (exact) mass is 466 g/mol. The first-order valence-electron chi connectivity index (χ1n) is 13.0. The topological polar surface area (TPSA) is 79.5 Å². The smallest absolute Gasteiger partial charge is 0.224 e. The number of nitrogens with one attached hydrogen (secondary N) is 1. The molecule has 1 aromatic carbocycles. The third kappa shape index (κ3) is 7.57. The minimum Gasteiger partial charge on any atom is -0.494 e. The molecule has 0 aliphatic carbocycles. The first-order valence-corrected chi connectivity index (χ1v) is 13.0. The van der Waals surface area contributed by atoms with Crippen molar-refractivity contribution in [3.8, 4) is 5.75 Å². The Hall–Kier alpha value is -2.38. The summed E-state index contributed by atoms with van der Waals surface area (Å²) in [5.74, 6) is 2.71. The van der Waals surface area contributed by atoms with Gasteiger partial charge in [-0.2, -0.15) is 4.98 Å². The van der Waals surface area contributed by atoms with Gasteiger partial charge < -0.3 is 20.7 Å². The molecule has 1 unspecified atom stereocenters. The van der Waals surface area contributed by atoms with E-state index in [0.29, 0.717) is 12.6 Å². The molecule has 2 aliphatic heterocycles. The number of ether oxygens (including phenoxy) is 1. The number of benzene rings is 1. The van der Waals surface area contributed by atoms with E-state index in [0.717, 1.165) is 56.7 Å². The van der Waals surface area contributed by atoms with Crippen molar-refractivity contribution in [3.63, 3.8) is 0 Å². The van der Waals surface area contributed by atoms with Crippen molar-refractivity contribution < 1.29 is 4.74 Å². The summed E-state index contributed by atoms with van der Waals surface area (Å²) in [6.07, 6.45) is 10.3. The highest BCUT2D eigenvalue weighted by atomic mass is 16.5. The van der Waals surface area contributed by atoms with E-state index in [1.165, 1.54) is 44.1 Å². The fraction of sp³-hybridized carbons (Fsp3) is 0.630. The Morgan fingerprint density at radius 2 is 1.79 bits per heavy atom. The van der Waals surface area contributed by atoms with Gasteiger partial charge >= 0.3 is 0 Å². The molecule has 2 fully saturated rings. The van der Waals surface area contributed by atoms with E-state index in [-0.39, 0.29) is 5.54 Å². The van der Waals surface area contributed by atoms with Crippen molar-refractivity contribution in [2.24, 2.45) is 5.73 Å². The zero-order valence-corrected chi connectivity index (χ0v) is 21.0. The Morgan fingerprint density at radius 1 is 1.03 bits per heavy atom. The molecule has 0 spiro atoms. The van der Waals surface area contributed by atoms with Crippen LogP contribution in [-0.2, 0) is 6.54 Å². The average Bonchev–Trinajstić information content (AvgIpc) is 3.07. The summed E-state index contributed by atoms with van der Waals surface area (Å²) in [6.45, 7) is 9.85. The van der Waals surface area contributed by atoms with Gasteiger partial charge in [0.1, 0.15) is 11.6 Å². The predicted octanol–water partition coefficient (Wildman–Crippen LogP) is 4.44. The van der Waals surface area contributed by atoms with Crippen molar-refractivity contribution in [1.82, 2.24) is 14.9 Å². The molecule has 186 valence electrons. The quantitative estimate of drug-likeness (QED) is 0.536. The summed E-state index contributed by atoms with van der Waals surface area (Å²) < 4.78 is 5.86. The third-order valence-corrected chi connectivity index (χ3v) is 6.89. The van der Waals surface area contributed by atoms with Crippen LogP contribution in [0.15, 0.2) is 36.5 Å². The molecule has 0 amide bonds. The van der Waals surface area contributed by atoms with E-state index in [1.807, 2.05) is 26.1 Å². The normalized spacial score (nSPS) is 19.7. The number of hydrogen-bond acceptors (Lipinski definition) is 7. The van der Waals surface area contributed by atoms with Gasteiger partial charge in [-0.1, -0.05) is 25.0 Å². The number of rotatable bonds is 10. The zero-order chi connectivity index (χ0) is 23.8. The van der Waals surface area contributed by atoms with Gasteiger partial charge in [0.15, 0.2) is 0 Å². The standard InChI is InChI=1S/C27H42N6O/c1-27(2,28)14-19-34-24-11-9-22(10-12-24)21-33-18-7-8-23(33)20-30-26-29-15-13-25(31-26)32-16-5-3-4-6-17-32/h9-13,15,23H,3-8,14,16-21,28H2,1-2H3,(H,29,30,31). The van der Waals surface area contributed by atoms with Crippen LogP contribution in [0.4, 0.5) is 11.8 Å². The molecule has 2 saturated heterocycles. The number of hydrogen-bond donors (Lipinski definition) is 2. The third-order valence-electron chi connectivity index (χ3n) is 6.89. The maximum absolute atomic E-state index is 6.04. The van der Waals surface area contributed by atoms with E-state index in [2.05, 4.69) is 44.4 Å². The zero-order valence-electron chi connectivity index (χ0n) is 21.0. The van der Waals surface area contributed by atoms with Crippen LogP contribution in [0.1, 0.15) is 64.4 Å². The number of nitrogens with zero attached hydrogens (tertiary/aromatic N) is 4. The minimum absolute atomic E-state index is 0.196. The first-order chi connectivity index (χ1) is 16.5. The largest absolute Gasteiger partial charge is 0.494 e. The molecular formula is C27H42N6O. The first kappa shape index (κ1) is 24.7. The van der Waals surface area contributed by atoms with Gasteiger partial charge in [-0.3, -0.25) is 4.90 Å². The van der Waals surface area contributed by atoms with Crippen LogP contribution < -0.4 is 20.7 Å². The number of aromatic nitrogens is 2. The Labute approximate surface area is 205 Å². The molecule has 1 aromatic heterocycles. The van der Waals surface area contributed by atoms with Crippen LogP contribution in [0.2, 0.25) is 0 Å². The molecule has 2 aromatic rings. The van der Waals surface area contributed by atoms with Crippen molar-refractivity contribution in [2.75, 3.05) is 43.0 Å². The van der Waals surface area contributed by atoms with E-state index in [9.17, 15) is 0 Å². The Kier molecular flexibility index (Phi) is 8.62. The lowest BCUT2D eigenvalue weighted by atomic mass is 10.0. The van der Waals surface area contributed by atoms with E-state index in [1.54, 1.807) is 0 Å². The highest BCUT2D eigenvalue weighted by Crippen LogP contribution is 2.23. The maximum atomic E-state index is 6.04. The molecule has 0 radical (unpaired) electrons. The van der Waals surface area contributed by atoms with Gasteiger partial charge in [0.25, 0.3) is 0 Å². The van der Waals surface area contributed by atoms with Crippen LogP contribution >= 0.6 is 0 Å². The average molecular weight is 467 g/mol. The summed E-state index contributed by atoms with van der Waals surface area (Å²) >= 11 is 0. The van der Waals surface area contributed by atoms with Gasteiger partial charge in [-0.15, -0.1) is 0 Å². The fourth-order valence-electron chi connectivity index (χ4n) is 4.81. The molecular weight excluding hydrogens is 424 g/mol. The molecule has 0 bridgehead atoms. The SMILES string of the molecule is CC(C)(N)CCOc1ccc(CN2CCCC2CNc2nccc(N3CCCCCC3)n2)cc1. The van der Waals surface area contributed by atoms with Crippen molar-refractivity contribution >= 4 is 11.8 Å². The Balaban J connectivity index is 1.26. The highest BCUT2D eigenvalue weighted by Gasteiger charge is 2.24.